The van der Waals surface area contributed by atoms with Gasteiger partial charge in [0.05, 0.1) is 0 Å². The second-order valence-corrected chi connectivity index (χ2v) is 2.97. The molecule has 6 heteroatoms. The molecule has 0 fully saturated rings. The summed E-state index contributed by atoms with van der Waals surface area (Å²) < 4.78 is 34.9. The van der Waals surface area contributed by atoms with Crippen LogP contribution in [-0.4, -0.2) is 30.3 Å². The minimum absolute atomic E-state index is 0.0383. The van der Waals surface area contributed by atoms with Crippen LogP contribution in [0.25, 0.3) is 0 Å². The number of nitrogens with one attached hydrogen (secondary N) is 1. The van der Waals surface area contributed by atoms with Crippen molar-refractivity contribution in [1.82, 2.24) is 5.32 Å². The first-order chi connectivity index (χ1) is 6.42. The van der Waals surface area contributed by atoms with Gasteiger partial charge in [0.25, 0.3) is 0 Å². The van der Waals surface area contributed by atoms with Crippen molar-refractivity contribution in [3.05, 3.63) is 0 Å². The van der Waals surface area contributed by atoms with E-state index in [9.17, 15) is 18.0 Å². The lowest BCUT2D eigenvalue weighted by atomic mass is 10.3. The number of hydrogen-bond acceptors (Lipinski definition) is 2. The van der Waals surface area contributed by atoms with Crippen molar-refractivity contribution >= 4 is 5.97 Å². The summed E-state index contributed by atoms with van der Waals surface area (Å²) in [6.45, 7) is 0.725. The van der Waals surface area contributed by atoms with E-state index in [0.29, 0.717) is 13.0 Å². The third kappa shape index (κ3) is 11.2. The van der Waals surface area contributed by atoms with Crippen molar-refractivity contribution in [1.29, 1.82) is 0 Å². The Morgan fingerprint density at radius 3 is 2.29 bits per heavy atom. The number of hydrogen-bond donors (Lipinski definition) is 2. The number of carboxylic acid groups (broad SMARTS) is 1. The van der Waals surface area contributed by atoms with Gasteiger partial charge in [0.1, 0.15) is 0 Å². The van der Waals surface area contributed by atoms with E-state index in [1.807, 2.05) is 0 Å². The predicted octanol–water partition coefficient (Wildman–Crippen LogP) is 1.78. The summed E-state index contributed by atoms with van der Waals surface area (Å²) in [6, 6.07) is 0. The van der Waals surface area contributed by atoms with Crippen LogP contribution in [0, 0.1) is 0 Å². The number of carboxylic acids is 1. The minimum atomic E-state index is -4.09. The van der Waals surface area contributed by atoms with Crippen molar-refractivity contribution in [2.24, 2.45) is 0 Å². The molecular formula is C8H14F3NO2. The van der Waals surface area contributed by atoms with Crippen molar-refractivity contribution < 1.29 is 23.1 Å². The summed E-state index contributed by atoms with van der Waals surface area (Å²) in [5.74, 6) is -0.887. The number of carbonyl (C=O) groups is 1. The van der Waals surface area contributed by atoms with Crippen LogP contribution in [-0.2, 0) is 4.79 Å². The fourth-order valence-corrected chi connectivity index (χ4v) is 0.903. The van der Waals surface area contributed by atoms with Gasteiger partial charge in [0, 0.05) is 12.8 Å². The predicted molar refractivity (Wildman–Crippen MR) is 45.0 cm³/mol. The molecule has 3 nitrogen and oxygen atoms in total. The van der Waals surface area contributed by atoms with Gasteiger partial charge in [-0.25, -0.2) is 0 Å². The molecule has 0 aliphatic carbocycles. The Balaban J connectivity index is 3.11. The standard InChI is InChI=1S/C8H14F3NO2/c9-8(10,11)4-2-6-12-5-1-3-7(13)14/h12H,1-6H2,(H,13,14). The number of halogens is 3. The van der Waals surface area contributed by atoms with E-state index in [0.717, 1.165) is 0 Å². The maximum atomic E-state index is 11.6. The zero-order valence-electron chi connectivity index (χ0n) is 7.73. The molecule has 0 aliphatic heterocycles. The molecule has 2 N–H and O–H groups in total. The second kappa shape index (κ2) is 6.64. The van der Waals surface area contributed by atoms with Crippen LogP contribution >= 0.6 is 0 Å². The van der Waals surface area contributed by atoms with Crippen LogP contribution in [0.15, 0.2) is 0 Å². The maximum Gasteiger partial charge on any atom is 0.389 e. The summed E-state index contributed by atoms with van der Waals surface area (Å²) in [7, 11) is 0. The Labute approximate surface area is 80.3 Å². The fraction of sp³-hybridized carbons (Fsp3) is 0.875. The molecule has 0 aromatic rings. The third-order valence-corrected chi connectivity index (χ3v) is 1.56. The number of alkyl halides is 3. The van der Waals surface area contributed by atoms with Crippen LogP contribution in [0.4, 0.5) is 13.2 Å². The average molecular weight is 213 g/mol. The van der Waals surface area contributed by atoms with Crippen LogP contribution in [0.2, 0.25) is 0 Å². The summed E-state index contributed by atoms with van der Waals surface area (Å²) in [5.41, 5.74) is 0. The van der Waals surface area contributed by atoms with E-state index >= 15 is 0 Å². The largest absolute Gasteiger partial charge is 0.481 e. The quantitative estimate of drug-likeness (QED) is 0.634. The van der Waals surface area contributed by atoms with Gasteiger partial charge in [-0.2, -0.15) is 13.2 Å². The Morgan fingerprint density at radius 2 is 1.79 bits per heavy atom. The first-order valence-electron chi connectivity index (χ1n) is 4.41. The molecule has 0 bridgehead atoms. The molecule has 0 spiro atoms. The van der Waals surface area contributed by atoms with E-state index in [1.165, 1.54) is 0 Å². The summed E-state index contributed by atoms with van der Waals surface area (Å²) in [6.07, 6.45) is -4.36. The lowest BCUT2D eigenvalue weighted by molar-refractivity contribution is -0.137. The Kier molecular flexibility index (Phi) is 6.27. The normalized spacial score (nSPS) is 11.6. The van der Waals surface area contributed by atoms with Crippen LogP contribution in [0.1, 0.15) is 25.7 Å². The molecular weight excluding hydrogens is 199 g/mol. The van der Waals surface area contributed by atoms with E-state index in [-0.39, 0.29) is 19.4 Å². The van der Waals surface area contributed by atoms with Gasteiger partial charge in [-0.05, 0) is 25.9 Å². The first kappa shape index (κ1) is 13.2. The molecule has 0 saturated carbocycles. The molecule has 14 heavy (non-hydrogen) atoms. The van der Waals surface area contributed by atoms with E-state index in [1.54, 1.807) is 0 Å². The van der Waals surface area contributed by atoms with Gasteiger partial charge in [-0.15, -0.1) is 0 Å². The van der Waals surface area contributed by atoms with Crippen LogP contribution in [0.3, 0.4) is 0 Å². The molecule has 0 atom stereocenters. The number of rotatable bonds is 7. The van der Waals surface area contributed by atoms with Gasteiger partial charge >= 0.3 is 12.1 Å². The summed E-state index contributed by atoms with van der Waals surface area (Å²) in [4.78, 5) is 10.0. The van der Waals surface area contributed by atoms with Crippen molar-refractivity contribution in [3.63, 3.8) is 0 Å². The molecule has 0 unspecified atom stereocenters. The SMILES string of the molecule is O=C(O)CCCNCCCC(F)(F)F. The summed E-state index contributed by atoms with van der Waals surface area (Å²) >= 11 is 0. The van der Waals surface area contributed by atoms with Gasteiger partial charge in [0.2, 0.25) is 0 Å². The highest BCUT2D eigenvalue weighted by Crippen LogP contribution is 2.20. The molecule has 0 saturated heterocycles. The Hall–Kier alpha value is -0.780. The highest BCUT2D eigenvalue weighted by Gasteiger charge is 2.25. The fourth-order valence-electron chi connectivity index (χ4n) is 0.903. The zero-order chi connectivity index (χ0) is 11.0. The second-order valence-electron chi connectivity index (χ2n) is 2.97. The minimum Gasteiger partial charge on any atom is -0.481 e. The molecule has 0 heterocycles. The highest BCUT2D eigenvalue weighted by molar-refractivity contribution is 5.66. The van der Waals surface area contributed by atoms with E-state index < -0.39 is 18.6 Å². The summed E-state index contributed by atoms with van der Waals surface area (Å²) in [5, 5.41) is 11.0. The molecule has 0 amide bonds. The molecule has 0 radical (unpaired) electrons. The average Bonchev–Trinajstić information content (AvgIpc) is 2.00. The van der Waals surface area contributed by atoms with Crippen molar-refractivity contribution in [2.75, 3.05) is 13.1 Å². The van der Waals surface area contributed by atoms with Gasteiger partial charge in [0.15, 0.2) is 0 Å². The van der Waals surface area contributed by atoms with Gasteiger partial charge in [-0.1, -0.05) is 0 Å². The lowest BCUT2D eigenvalue weighted by Crippen LogP contribution is -2.19. The molecule has 84 valence electrons. The van der Waals surface area contributed by atoms with Gasteiger partial charge in [-0.3, -0.25) is 4.79 Å². The van der Waals surface area contributed by atoms with E-state index in [2.05, 4.69) is 5.32 Å². The lowest BCUT2D eigenvalue weighted by Gasteiger charge is -2.06. The monoisotopic (exact) mass is 213 g/mol. The van der Waals surface area contributed by atoms with Crippen molar-refractivity contribution in [3.8, 4) is 0 Å². The molecule has 0 aromatic carbocycles. The highest BCUT2D eigenvalue weighted by atomic mass is 19.4. The van der Waals surface area contributed by atoms with Crippen LogP contribution < -0.4 is 5.32 Å². The van der Waals surface area contributed by atoms with E-state index in [4.69, 9.17) is 5.11 Å². The smallest absolute Gasteiger partial charge is 0.389 e. The van der Waals surface area contributed by atoms with Gasteiger partial charge < -0.3 is 10.4 Å². The molecule has 0 rings (SSSR count). The Morgan fingerprint density at radius 1 is 1.21 bits per heavy atom. The molecule has 0 aliphatic rings. The Bertz CT molecular complexity index is 170. The van der Waals surface area contributed by atoms with Crippen molar-refractivity contribution in [2.45, 2.75) is 31.9 Å². The third-order valence-electron chi connectivity index (χ3n) is 1.56. The molecule has 0 aromatic heterocycles. The number of aliphatic carboxylic acids is 1. The topological polar surface area (TPSA) is 49.3 Å². The first-order valence-corrected chi connectivity index (χ1v) is 4.41. The van der Waals surface area contributed by atoms with Crippen LogP contribution in [0.5, 0.6) is 0 Å². The maximum absolute atomic E-state index is 11.6. The zero-order valence-corrected chi connectivity index (χ0v) is 7.73.